The van der Waals surface area contributed by atoms with Crippen LogP contribution in [0.25, 0.3) is 0 Å². The van der Waals surface area contributed by atoms with Crippen LogP contribution < -0.4 is 4.74 Å². The molecule has 0 radical (unpaired) electrons. The number of nitrogens with zero attached hydrogens (tertiary/aromatic N) is 3. The zero-order valence-corrected chi connectivity index (χ0v) is 16.1. The van der Waals surface area contributed by atoms with Gasteiger partial charge in [-0.25, -0.2) is 0 Å². The van der Waals surface area contributed by atoms with Crippen LogP contribution in [0.1, 0.15) is 21.9 Å². The third-order valence-electron chi connectivity index (χ3n) is 5.47. The third-order valence-corrected chi connectivity index (χ3v) is 5.47. The number of piperazine rings is 2. The number of furan rings is 1. The molecule has 0 aliphatic carbocycles. The van der Waals surface area contributed by atoms with Gasteiger partial charge < -0.3 is 19.0 Å². The van der Waals surface area contributed by atoms with E-state index in [-0.39, 0.29) is 5.91 Å². The molecule has 6 heteroatoms. The van der Waals surface area contributed by atoms with Crippen molar-refractivity contribution < 1.29 is 13.9 Å². The van der Waals surface area contributed by atoms with Crippen molar-refractivity contribution >= 4 is 5.91 Å². The van der Waals surface area contributed by atoms with Gasteiger partial charge >= 0.3 is 0 Å². The Morgan fingerprint density at radius 1 is 1.15 bits per heavy atom. The van der Waals surface area contributed by atoms with Crippen LogP contribution in [0.3, 0.4) is 0 Å². The monoisotopic (exact) mass is 369 g/mol. The summed E-state index contributed by atoms with van der Waals surface area (Å²) < 4.78 is 11.6. The van der Waals surface area contributed by atoms with Crippen molar-refractivity contribution in [2.75, 3.05) is 46.3 Å². The van der Waals surface area contributed by atoms with Crippen LogP contribution in [0.4, 0.5) is 0 Å². The first kappa shape index (κ1) is 18.1. The lowest BCUT2D eigenvalue weighted by atomic mass is 10.1. The molecule has 3 heterocycles. The molecule has 0 bridgehead atoms. The van der Waals surface area contributed by atoms with Gasteiger partial charge in [-0.3, -0.25) is 9.69 Å². The van der Waals surface area contributed by atoms with Crippen molar-refractivity contribution in [1.82, 2.24) is 14.7 Å². The summed E-state index contributed by atoms with van der Waals surface area (Å²) in [5.74, 6) is 1.90. The van der Waals surface area contributed by atoms with Crippen LogP contribution in [-0.4, -0.2) is 73.0 Å². The van der Waals surface area contributed by atoms with E-state index in [0.717, 1.165) is 50.6 Å². The normalized spacial score (nSPS) is 21.1. The molecule has 2 aliphatic rings. The zero-order chi connectivity index (χ0) is 18.8. The van der Waals surface area contributed by atoms with Crippen LogP contribution in [0, 0.1) is 6.92 Å². The summed E-state index contributed by atoms with van der Waals surface area (Å²) in [4.78, 5) is 19.8. The molecule has 1 aromatic heterocycles. The maximum absolute atomic E-state index is 13.0. The Bertz CT molecular complexity index is 789. The van der Waals surface area contributed by atoms with Crippen molar-refractivity contribution in [3.05, 3.63) is 53.5 Å². The van der Waals surface area contributed by atoms with Gasteiger partial charge in [0.2, 0.25) is 0 Å². The number of carbonyl (C=O) groups excluding carboxylic acids is 1. The first-order chi connectivity index (χ1) is 13.1. The van der Waals surface area contributed by atoms with Gasteiger partial charge in [0.15, 0.2) is 5.76 Å². The molecule has 2 fully saturated rings. The molecular weight excluding hydrogens is 342 g/mol. The Balaban J connectivity index is 1.40. The number of ether oxygens (including phenoxy) is 1. The fourth-order valence-corrected chi connectivity index (χ4v) is 3.94. The number of fused-ring (bicyclic) bond motifs is 1. The van der Waals surface area contributed by atoms with Crippen LogP contribution in [-0.2, 0) is 6.61 Å². The molecular formula is C21H27N3O3. The second kappa shape index (κ2) is 7.74. The van der Waals surface area contributed by atoms with Crippen LogP contribution in [0.15, 0.2) is 40.8 Å². The van der Waals surface area contributed by atoms with E-state index in [1.54, 1.807) is 0 Å². The Morgan fingerprint density at radius 2 is 1.93 bits per heavy atom. The predicted molar refractivity (Wildman–Crippen MR) is 103 cm³/mol. The van der Waals surface area contributed by atoms with Gasteiger partial charge in [-0.2, -0.15) is 0 Å². The Hall–Kier alpha value is -2.31. The van der Waals surface area contributed by atoms with Crippen molar-refractivity contribution in [2.24, 2.45) is 0 Å². The van der Waals surface area contributed by atoms with Gasteiger partial charge in [-0.1, -0.05) is 18.2 Å². The number of para-hydroxylation sites is 1. The maximum Gasteiger partial charge on any atom is 0.289 e. The second-order valence-electron chi connectivity index (χ2n) is 7.53. The molecule has 1 atom stereocenters. The molecule has 2 saturated heterocycles. The van der Waals surface area contributed by atoms with E-state index in [9.17, 15) is 4.79 Å². The second-order valence-corrected chi connectivity index (χ2v) is 7.53. The molecule has 0 N–H and O–H groups in total. The average Bonchev–Trinajstić information content (AvgIpc) is 3.06. The van der Waals surface area contributed by atoms with Gasteiger partial charge in [0, 0.05) is 50.9 Å². The molecule has 1 aromatic carbocycles. The molecule has 0 saturated carbocycles. The number of hydrogen-bond donors (Lipinski definition) is 0. The molecule has 0 unspecified atom stereocenters. The molecule has 6 nitrogen and oxygen atoms in total. The predicted octanol–water partition coefficient (Wildman–Crippen LogP) is 2.24. The van der Waals surface area contributed by atoms with E-state index < -0.39 is 0 Å². The minimum absolute atomic E-state index is 0.00802. The summed E-state index contributed by atoms with van der Waals surface area (Å²) in [6, 6.07) is 11.9. The van der Waals surface area contributed by atoms with Crippen LogP contribution >= 0.6 is 0 Å². The molecule has 27 heavy (non-hydrogen) atoms. The van der Waals surface area contributed by atoms with Gasteiger partial charge in [-0.05, 0) is 32.2 Å². The van der Waals surface area contributed by atoms with E-state index in [1.807, 2.05) is 48.2 Å². The third kappa shape index (κ3) is 4.01. The number of amides is 1. The summed E-state index contributed by atoms with van der Waals surface area (Å²) in [6.07, 6.45) is 0. The number of carbonyl (C=O) groups is 1. The minimum atomic E-state index is -0.00802. The largest absolute Gasteiger partial charge is 0.486 e. The van der Waals surface area contributed by atoms with Gasteiger partial charge in [0.1, 0.15) is 18.1 Å². The number of aryl methyl sites for hydroxylation is 1. The summed E-state index contributed by atoms with van der Waals surface area (Å²) >= 11 is 0. The van der Waals surface area contributed by atoms with E-state index in [1.165, 1.54) is 0 Å². The Morgan fingerprint density at radius 3 is 2.74 bits per heavy atom. The SMILES string of the molecule is Cc1cc(COc2ccccc2)oc1C(=O)N1CCN2CCN(C)C[C@H]2C1. The van der Waals surface area contributed by atoms with Crippen molar-refractivity contribution in [2.45, 2.75) is 19.6 Å². The Labute approximate surface area is 160 Å². The van der Waals surface area contributed by atoms with E-state index in [2.05, 4.69) is 16.8 Å². The van der Waals surface area contributed by atoms with Crippen molar-refractivity contribution in [3.8, 4) is 5.75 Å². The maximum atomic E-state index is 13.0. The highest BCUT2D eigenvalue weighted by atomic mass is 16.5. The fourth-order valence-electron chi connectivity index (χ4n) is 3.94. The molecule has 1 amide bonds. The smallest absolute Gasteiger partial charge is 0.289 e. The lowest BCUT2D eigenvalue weighted by Crippen LogP contribution is -2.62. The number of likely N-dealkylation sites (N-methyl/N-ethyl adjacent to an activating group) is 1. The fraction of sp³-hybridized carbons (Fsp3) is 0.476. The number of hydrogen-bond acceptors (Lipinski definition) is 5. The molecule has 0 spiro atoms. The Kier molecular flexibility index (Phi) is 5.18. The minimum Gasteiger partial charge on any atom is -0.486 e. The van der Waals surface area contributed by atoms with E-state index in [4.69, 9.17) is 9.15 Å². The van der Waals surface area contributed by atoms with E-state index in [0.29, 0.717) is 24.2 Å². The summed E-state index contributed by atoms with van der Waals surface area (Å²) in [6.45, 7) is 7.91. The molecule has 144 valence electrons. The van der Waals surface area contributed by atoms with Gasteiger partial charge in [0.25, 0.3) is 5.91 Å². The van der Waals surface area contributed by atoms with Crippen LogP contribution in [0.5, 0.6) is 5.75 Å². The molecule has 2 aliphatic heterocycles. The summed E-state index contributed by atoms with van der Waals surface area (Å²) in [5.41, 5.74) is 0.870. The van der Waals surface area contributed by atoms with Gasteiger partial charge in [-0.15, -0.1) is 0 Å². The highest BCUT2D eigenvalue weighted by molar-refractivity contribution is 5.93. The zero-order valence-electron chi connectivity index (χ0n) is 16.1. The van der Waals surface area contributed by atoms with Crippen molar-refractivity contribution in [3.63, 3.8) is 0 Å². The number of rotatable bonds is 4. The highest BCUT2D eigenvalue weighted by Gasteiger charge is 2.34. The standard InChI is InChI=1S/C21H27N3O3/c1-16-12-19(15-26-18-6-4-3-5-7-18)27-20(16)21(25)24-11-10-23-9-8-22(2)13-17(23)14-24/h3-7,12,17H,8-11,13-15H2,1-2H3/t17-/m0/s1. The average molecular weight is 369 g/mol. The summed E-state index contributed by atoms with van der Waals surface area (Å²) in [7, 11) is 2.15. The molecule has 2 aromatic rings. The number of benzene rings is 1. The van der Waals surface area contributed by atoms with Crippen molar-refractivity contribution in [1.29, 1.82) is 0 Å². The quantitative estimate of drug-likeness (QED) is 0.827. The van der Waals surface area contributed by atoms with Crippen LogP contribution in [0.2, 0.25) is 0 Å². The van der Waals surface area contributed by atoms with Gasteiger partial charge in [0.05, 0.1) is 0 Å². The molecule has 4 rings (SSSR count). The lowest BCUT2D eigenvalue weighted by Gasteiger charge is -2.46. The topological polar surface area (TPSA) is 49.2 Å². The lowest BCUT2D eigenvalue weighted by molar-refractivity contribution is 0.0173. The first-order valence-corrected chi connectivity index (χ1v) is 9.59. The van der Waals surface area contributed by atoms with E-state index >= 15 is 0 Å². The highest BCUT2D eigenvalue weighted by Crippen LogP contribution is 2.22. The summed E-state index contributed by atoms with van der Waals surface area (Å²) in [5, 5.41) is 0. The first-order valence-electron chi connectivity index (χ1n) is 9.59.